The van der Waals surface area contributed by atoms with Gasteiger partial charge in [-0.3, -0.25) is 4.79 Å². The summed E-state index contributed by atoms with van der Waals surface area (Å²) in [5.74, 6) is -0.113. The van der Waals surface area contributed by atoms with Crippen LogP contribution in [0.5, 0.6) is 0 Å². The molecule has 1 unspecified atom stereocenters. The predicted molar refractivity (Wildman–Crippen MR) is 64.3 cm³/mol. The lowest BCUT2D eigenvalue weighted by molar-refractivity contribution is -0.143. The van der Waals surface area contributed by atoms with Crippen molar-refractivity contribution in [1.29, 1.82) is 0 Å². The third-order valence-corrected chi connectivity index (χ3v) is 2.48. The fraction of sp³-hybridized carbons (Fsp3) is 0.917. The van der Waals surface area contributed by atoms with E-state index in [1.807, 2.05) is 6.92 Å². The number of alkyl halides is 1. The molecular weight excluding hydrogens is 212 g/mol. The minimum atomic E-state index is -0.113. The highest BCUT2D eigenvalue weighted by Crippen LogP contribution is 2.06. The quantitative estimate of drug-likeness (QED) is 0.344. The lowest BCUT2D eigenvalue weighted by Crippen LogP contribution is -2.07. The first-order valence-electron chi connectivity index (χ1n) is 5.96. The summed E-state index contributed by atoms with van der Waals surface area (Å²) in [7, 11) is 0. The van der Waals surface area contributed by atoms with Crippen LogP contribution < -0.4 is 0 Å². The molecule has 0 aliphatic rings. The Morgan fingerprint density at radius 2 is 1.93 bits per heavy atom. The summed E-state index contributed by atoms with van der Waals surface area (Å²) in [5.41, 5.74) is 0. The van der Waals surface area contributed by atoms with Gasteiger partial charge in [0.15, 0.2) is 0 Å². The van der Waals surface area contributed by atoms with E-state index in [9.17, 15) is 4.79 Å². The summed E-state index contributed by atoms with van der Waals surface area (Å²) >= 11 is 5.73. The van der Waals surface area contributed by atoms with Crippen molar-refractivity contribution >= 4 is 17.6 Å². The molecule has 0 bridgehead atoms. The summed E-state index contributed by atoms with van der Waals surface area (Å²) in [4.78, 5) is 11.2. The molecule has 0 aromatic carbocycles. The molecule has 3 heteroatoms. The molecule has 0 saturated carbocycles. The van der Waals surface area contributed by atoms with Crippen LogP contribution in [-0.4, -0.2) is 18.0 Å². The van der Waals surface area contributed by atoms with Crippen molar-refractivity contribution in [1.82, 2.24) is 0 Å². The maximum absolute atomic E-state index is 11.2. The van der Waals surface area contributed by atoms with Crippen LogP contribution in [-0.2, 0) is 9.53 Å². The van der Waals surface area contributed by atoms with Gasteiger partial charge in [0, 0.05) is 11.8 Å². The molecule has 0 heterocycles. The summed E-state index contributed by atoms with van der Waals surface area (Å²) in [6.45, 7) is 4.64. The van der Waals surface area contributed by atoms with E-state index in [0.29, 0.717) is 19.4 Å². The largest absolute Gasteiger partial charge is 0.466 e. The van der Waals surface area contributed by atoms with Crippen LogP contribution in [0.3, 0.4) is 0 Å². The van der Waals surface area contributed by atoms with Gasteiger partial charge in [-0.1, -0.05) is 32.6 Å². The van der Waals surface area contributed by atoms with Crippen LogP contribution in [0, 0.1) is 0 Å². The zero-order chi connectivity index (χ0) is 11.5. The first-order chi connectivity index (χ1) is 7.16. The average Bonchev–Trinajstić information content (AvgIpc) is 2.20. The number of hydrogen-bond acceptors (Lipinski definition) is 2. The van der Waals surface area contributed by atoms with Gasteiger partial charge in [0.1, 0.15) is 0 Å². The molecular formula is C12H23ClO2. The molecule has 2 nitrogen and oxygen atoms in total. The molecule has 0 aromatic heterocycles. The van der Waals surface area contributed by atoms with Crippen LogP contribution in [0.25, 0.3) is 0 Å². The molecule has 0 aliphatic carbocycles. The second kappa shape index (κ2) is 10.3. The van der Waals surface area contributed by atoms with Crippen LogP contribution in [0.2, 0.25) is 0 Å². The standard InChI is InChI=1S/C12H23ClO2/c1-3-4-5-6-7-10-15-12(14)9-8-11(2)13/h11H,3-10H2,1-2H3. The first-order valence-corrected chi connectivity index (χ1v) is 6.40. The Balaban J connectivity index is 3.17. The van der Waals surface area contributed by atoms with Crippen LogP contribution in [0.1, 0.15) is 58.8 Å². The molecule has 0 spiro atoms. The molecule has 0 saturated heterocycles. The lowest BCUT2D eigenvalue weighted by atomic mass is 10.2. The van der Waals surface area contributed by atoms with E-state index in [-0.39, 0.29) is 11.3 Å². The molecule has 15 heavy (non-hydrogen) atoms. The number of carbonyl (C=O) groups excluding carboxylic acids is 1. The summed E-state index contributed by atoms with van der Waals surface area (Å²) in [6, 6.07) is 0. The maximum Gasteiger partial charge on any atom is 0.305 e. The fourth-order valence-corrected chi connectivity index (χ4v) is 1.39. The maximum atomic E-state index is 11.2. The van der Waals surface area contributed by atoms with Gasteiger partial charge in [-0.15, -0.1) is 11.6 Å². The van der Waals surface area contributed by atoms with E-state index in [4.69, 9.17) is 16.3 Å². The van der Waals surface area contributed by atoms with Crippen molar-refractivity contribution in [3.8, 4) is 0 Å². The van der Waals surface area contributed by atoms with Crippen molar-refractivity contribution in [2.24, 2.45) is 0 Å². The van der Waals surface area contributed by atoms with Gasteiger partial charge >= 0.3 is 5.97 Å². The van der Waals surface area contributed by atoms with Gasteiger partial charge in [0.05, 0.1) is 6.61 Å². The van der Waals surface area contributed by atoms with Gasteiger partial charge in [-0.25, -0.2) is 0 Å². The molecule has 0 N–H and O–H groups in total. The number of esters is 1. The van der Waals surface area contributed by atoms with Crippen LogP contribution >= 0.6 is 11.6 Å². The van der Waals surface area contributed by atoms with Crippen molar-refractivity contribution in [3.05, 3.63) is 0 Å². The molecule has 0 rings (SSSR count). The van der Waals surface area contributed by atoms with E-state index < -0.39 is 0 Å². The third kappa shape index (κ3) is 11.7. The van der Waals surface area contributed by atoms with Gasteiger partial charge in [-0.05, 0) is 19.8 Å². The van der Waals surface area contributed by atoms with E-state index in [0.717, 1.165) is 12.8 Å². The highest BCUT2D eigenvalue weighted by atomic mass is 35.5. The van der Waals surface area contributed by atoms with Crippen LogP contribution in [0.15, 0.2) is 0 Å². The van der Waals surface area contributed by atoms with E-state index in [1.165, 1.54) is 19.3 Å². The Kier molecular flexibility index (Phi) is 10.1. The molecule has 1 atom stereocenters. The Hall–Kier alpha value is -0.240. The first kappa shape index (κ1) is 14.8. The molecule has 0 aliphatic heterocycles. The Labute approximate surface area is 98.3 Å². The Bertz CT molecular complexity index is 158. The molecule has 90 valence electrons. The molecule has 0 amide bonds. The van der Waals surface area contributed by atoms with Crippen molar-refractivity contribution in [2.45, 2.75) is 64.2 Å². The normalized spacial score (nSPS) is 12.5. The molecule has 0 radical (unpaired) electrons. The number of hydrogen-bond donors (Lipinski definition) is 0. The van der Waals surface area contributed by atoms with Gasteiger partial charge in [0.2, 0.25) is 0 Å². The topological polar surface area (TPSA) is 26.3 Å². The van der Waals surface area contributed by atoms with E-state index in [1.54, 1.807) is 0 Å². The number of ether oxygens (including phenoxy) is 1. The Morgan fingerprint density at radius 1 is 1.27 bits per heavy atom. The third-order valence-electron chi connectivity index (χ3n) is 2.26. The number of unbranched alkanes of at least 4 members (excludes halogenated alkanes) is 4. The predicted octanol–water partition coefficient (Wildman–Crippen LogP) is 3.91. The second-order valence-electron chi connectivity index (χ2n) is 3.95. The minimum absolute atomic E-state index is 0.0575. The highest BCUT2D eigenvalue weighted by Gasteiger charge is 2.04. The highest BCUT2D eigenvalue weighted by molar-refractivity contribution is 6.20. The summed E-state index contributed by atoms with van der Waals surface area (Å²) < 4.78 is 5.08. The van der Waals surface area contributed by atoms with Crippen LogP contribution in [0.4, 0.5) is 0 Å². The van der Waals surface area contributed by atoms with E-state index >= 15 is 0 Å². The Morgan fingerprint density at radius 3 is 2.53 bits per heavy atom. The average molecular weight is 235 g/mol. The lowest BCUT2D eigenvalue weighted by Gasteiger charge is -2.05. The van der Waals surface area contributed by atoms with Gasteiger partial charge in [-0.2, -0.15) is 0 Å². The van der Waals surface area contributed by atoms with Gasteiger partial charge < -0.3 is 4.74 Å². The summed E-state index contributed by atoms with van der Waals surface area (Å²) in [5, 5.41) is 0.0575. The van der Waals surface area contributed by atoms with Crippen molar-refractivity contribution < 1.29 is 9.53 Å². The van der Waals surface area contributed by atoms with Crippen molar-refractivity contribution in [3.63, 3.8) is 0 Å². The number of carbonyl (C=O) groups is 1. The minimum Gasteiger partial charge on any atom is -0.466 e. The second-order valence-corrected chi connectivity index (χ2v) is 4.70. The number of rotatable bonds is 9. The molecule has 0 aromatic rings. The zero-order valence-electron chi connectivity index (χ0n) is 9.93. The number of halogens is 1. The summed E-state index contributed by atoms with van der Waals surface area (Å²) in [6.07, 6.45) is 7.06. The monoisotopic (exact) mass is 234 g/mol. The van der Waals surface area contributed by atoms with E-state index in [2.05, 4.69) is 6.92 Å². The smallest absolute Gasteiger partial charge is 0.305 e. The molecule has 0 fully saturated rings. The van der Waals surface area contributed by atoms with Gasteiger partial charge in [0.25, 0.3) is 0 Å². The zero-order valence-corrected chi connectivity index (χ0v) is 10.7. The fourth-order valence-electron chi connectivity index (χ4n) is 1.28. The van der Waals surface area contributed by atoms with Crippen molar-refractivity contribution in [2.75, 3.05) is 6.61 Å². The SMILES string of the molecule is CCCCCCCOC(=O)CCC(C)Cl.